The summed E-state index contributed by atoms with van der Waals surface area (Å²) in [4.78, 5) is 4.63. The summed E-state index contributed by atoms with van der Waals surface area (Å²) < 4.78 is 13.7. The van der Waals surface area contributed by atoms with Crippen LogP contribution in [0.5, 0.6) is 11.6 Å². The minimum Gasteiger partial charge on any atom is -0.466 e. The third-order valence-electron chi connectivity index (χ3n) is 5.88. The molecule has 3 aromatic carbocycles. The summed E-state index contributed by atoms with van der Waals surface area (Å²) >= 11 is 0. The van der Waals surface area contributed by atoms with Crippen LogP contribution in [0, 0.1) is 0 Å². The first-order chi connectivity index (χ1) is 15.3. The molecule has 1 aliphatic rings. The maximum atomic E-state index is 6.75. The number of nitrogens with two attached hydrogens (primary N) is 1. The summed E-state index contributed by atoms with van der Waals surface area (Å²) in [6.07, 6.45) is 3.38. The molecule has 6 rings (SSSR count). The molecule has 2 aromatic heterocycles. The largest absolute Gasteiger partial charge is 0.466 e. The second kappa shape index (κ2) is 6.99. The van der Waals surface area contributed by atoms with Gasteiger partial charge in [-0.1, -0.05) is 65.6 Å². The van der Waals surface area contributed by atoms with Crippen molar-refractivity contribution in [3.05, 3.63) is 114 Å². The number of hydrogen-bond donors (Lipinski definition) is 1. The minimum absolute atomic E-state index is 0.0948. The molecule has 150 valence electrons. The Hall–Kier alpha value is -4.12. The second-order valence-corrected chi connectivity index (χ2v) is 7.70. The Balaban J connectivity index is 1.62. The third-order valence-corrected chi connectivity index (χ3v) is 5.88. The number of aromatic nitrogens is 2. The quantitative estimate of drug-likeness (QED) is 0.419. The molecule has 0 spiro atoms. The van der Waals surface area contributed by atoms with Crippen LogP contribution in [0.4, 0.5) is 5.82 Å². The number of rotatable bonds is 3. The molecule has 0 bridgehead atoms. The highest BCUT2D eigenvalue weighted by Crippen LogP contribution is 2.50. The fourth-order valence-electron chi connectivity index (χ4n) is 4.46. The molecule has 2 N–H and O–H groups in total. The summed E-state index contributed by atoms with van der Waals surface area (Å²) in [5.74, 6) is 2.70. The van der Waals surface area contributed by atoms with E-state index < -0.39 is 0 Å². The first-order valence-electron chi connectivity index (χ1n) is 10.2. The first-order valence-corrected chi connectivity index (χ1v) is 10.2. The Labute approximate surface area is 179 Å². The number of hydrogen-bond acceptors (Lipinski definition) is 4. The third kappa shape index (κ3) is 2.86. The lowest BCUT2D eigenvalue weighted by atomic mass is 9.81. The van der Waals surface area contributed by atoms with Gasteiger partial charge in [-0.2, -0.15) is 0 Å². The van der Waals surface area contributed by atoms with Gasteiger partial charge in [0.05, 0.1) is 12.2 Å². The van der Waals surface area contributed by atoms with E-state index in [9.17, 15) is 0 Å². The van der Waals surface area contributed by atoms with Gasteiger partial charge in [-0.15, -0.1) is 0 Å². The zero-order valence-corrected chi connectivity index (χ0v) is 16.7. The molecule has 1 atom stereocenters. The highest BCUT2D eigenvalue weighted by molar-refractivity contribution is 5.90. The highest BCUT2D eigenvalue weighted by atomic mass is 16.5. The van der Waals surface area contributed by atoms with E-state index in [1.165, 1.54) is 5.39 Å². The molecule has 0 amide bonds. The van der Waals surface area contributed by atoms with Crippen molar-refractivity contribution in [2.45, 2.75) is 12.5 Å². The number of anilines is 1. The fraction of sp³-hybridized carbons (Fsp3) is 0.0769. The monoisotopic (exact) mass is 406 g/mol. The van der Waals surface area contributed by atoms with Gasteiger partial charge in [0.2, 0.25) is 12.1 Å². The van der Waals surface area contributed by atoms with E-state index in [2.05, 4.69) is 59.6 Å². The molecule has 0 fully saturated rings. The average molecular weight is 406 g/mol. The van der Waals surface area contributed by atoms with Crippen molar-refractivity contribution in [3.8, 4) is 11.6 Å². The molecular weight excluding hydrogens is 386 g/mol. The number of nitrogens with zero attached hydrogens (tertiary/aromatic N) is 2. The van der Waals surface area contributed by atoms with Crippen LogP contribution in [-0.4, -0.2) is 4.98 Å². The van der Waals surface area contributed by atoms with Gasteiger partial charge in [-0.25, -0.2) is 4.57 Å². The Morgan fingerprint density at radius 3 is 2.55 bits per heavy atom. The van der Waals surface area contributed by atoms with E-state index in [0.717, 1.165) is 33.6 Å². The van der Waals surface area contributed by atoms with Gasteiger partial charge in [-0.3, -0.25) is 0 Å². The van der Waals surface area contributed by atoms with Crippen LogP contribution in [0.1, 0.15) is 28.4 Å². The Morgan fingerprint density at radius 2 is 1.71 bits per heavy atom. The molecule has 5 nitrogen and oxygen atoms in total. The predicted octanol–water partition coefficient (Wildman–Crippen LogP) is 5.03. The molecule has 0 saturated carbocycles. The van der Waals surface area contributed by atoms with Gasteiger partial charge in [-0.05, 0) is 34.5 Å². The van der Waals surface area contributed by atoms with Gasteiger partial charge in [0.25, 0.3) is 0 Å². The number of benzene rings is 3. The lowest BCUT2D eigenvalue weighted by Gasteiger charge is -2.28. The van der Waals surface area contributed by atoms with Gasteiger partial charge in [0.1, 0.15) is 23.6 Å². The summed E-state index contributed by atoms with van der Waals surface area (Å²) in [7, 11) is 0. The van der Waals surface area contributed by atoms with E-state index >= 15 is 0 Å². The molecule has 0 saturated heterocycles. The summed E-state index contributed by atoms with van der Waals surface area (Å²) in [6, 6.07) is 26.7. The van der Waals surface area contributed by atoms with Crippen molar-refractivity contribution >= 4 is 16.6 Å². The maximum absolute atomic E-state index is 6.75. The maximum Gasteiger partial charge on any atom is 0.306 e. The van der Waals surface area contributed by atoms with Crippen LogP contribution < -0.4 is 15.0 Å². The van der Waals surface area contributed by atoms with E-state index in [-0.39, 0.29) is 5.92 Å². The predicted molar refractivity (Wildman–Crippen MR) is 118 cm³/mol. The van der Waals surface area contributed by atoms with E-state index in [0.29, 0.717) is 18.2 Å². The Kier molecular flexibility index (Phi) is 3.99. The standard InChI is InChI=1S/C26H19N3O2/c27-25-24-22(18-8-2-1-3-9-18)23-20-11-5-4-7-17(20)12-13-21(23)31-26(24)28-16-29(25)15-19-10-6-14-30-19/h1-14,16,22,27H,15H2/p+1/t22-/m0/s1. The van der Waals surface area contributed by atoms with E-state index in [1.807, 2.05) is 28.8 Å². The van der Waals surface area contributed by atoms with Crippen molar-refractivity contribution in [1.82, 2.24) is 4.98 Å². The van der Waals surface area contributed by atoms with Crippen LogP contribution >= 0.6 is 0 Å². The summed E-state index contributed by atoms with van der Waals surface area (Å²) in [5, 5.41) is 2.32. The fourth-order valence-corrected chi connectivity index (χ4v) is 4.46. The van der Waals surface area contributed by atoms with Crippen LogP contribution in [0.3, 0.4) is 0 Å². The SMILES string of the molecule is Nc1c2c(nc[n+]1Cc1ccco1)Oc1ccc3ccccc3c1[C@@H]2c1ccccc1. The lowest BCUT2D eigenvalue weighted by molar-refractivity contribution is -0.679. The zero-order chi connectivity index (χ0) is 20.8. The molecule has 5 heteroatoms. The average Bonchev–Trinajstić information content (AvgIpc) is 3.33. The van der Waals surface area contributed by atoms with Crippen molar-refractivity contribution in [2.24, 2.45) is 0 Å². The van der Waals surface area contributed by atoms with Crippen LogP contribution in [-0.2, 0) is 6.54 Å². The van der Waals surface area contributed by atoms with Crippen LogP contribution in [0.15, 0.2) is 95.9 Å². The molecule has 0 aliphatic carbocycles. The first kappa shape index (κ1) is 17.7. The zero-order valence-electron chi connectivity index (χ0n) is 16.7. The van der Waals surface area contributed by atoms with Gasteiger partial charge in [0.15, 0.2) is 0 Å². The van der Waals surface area contributed by atoms with Crippen molar-refractivity contribution in [2.75, 3.05) is 5.73 Å². The van der Waals surface area contributed by atoms with Gasteiger partial charge < -0.3 is 14.9 Å². The smallest absolute Gasteiger partial charge is 0.306 e. The number of furan rings is 1. The topological polar surface area (TPSA) is 65.2 Å². The van der Waals surface area contributed by atoms with Crippen LogP contribution in [0.2, 0.25) is 0 Å². The van der Waals surface area contributed by atoms with E-state index in [1.54, 1.807) is 12.6 Å². The number of nitrogen functional groups attached to an aromatic ring is 1. The number of ether oxygens (including phenoxy) is 1. The Morgan fingerprint density at radius 1 is 0.871 bits per heavy atom. The molecule has 1 aliphatic heterocycles. The normalized spacial score (nSPS) is 14.6. The molecule has 3 heterocycles. The minimum atomic E-state index is -0.0948. The van der Waals surface area contributed by atoms with Crippen molar-refractivity contribution < 1.29 is 13.7 Å². The second-order valence-electron chi connectivity index (χ2n) is 7.70. The van der Waals surface area contributed by atoms with Gasteiger partial charge >= 0.3 is 5.88 Å². The van der Waals surface area contributed by atoms with Gasteiger partial charge in [0, 0.05) is 5.56 Å². The lowest BCUT2D eigenvalue weighted by Crippen LogP contribution is -2.40. The van der Waals surface area contributed by atoms with Crippen molar-refractivity contribution in [3.63, 3.8) is 0 Å². The molecule has 31 heavy (non-hydrogen) atoms. The number of fused-ring (bicyclic) bond motifs is 4. The highest BCUT2D eigenvalue weighted by Gasteiger charge is 2.37. The molecule has 0 unspecified atom stereocenters. The Bertz CT molecular complexity index is 1400. The van der Waals surface area contributed by atoms with Crippen molar-refractivity contribution in [1.29, 1.82) is 0 Å². The van der Waals surface area contributed by atoms with Crippen LogP contribution in [0.25, 0.3) is 10.8 Å². The molecule has 5 aromatic rings. The summed E-state index contributed by atoms with van der Waals surface area (Å²) in [6.45, 7) is 0.503. The summed E-state index contributed by atoms with van der Waals surface area (Å²) in [5.41, 5.74) is 9.89. The molecular formula is C26H20N3O2+. The molecule has 0 radical (unpaired) electrons. The van der Waals surface area contributed by atoms with E-state index in [4.69, 9.17) is 14.9 Å².